The minimum Gasteiger partial charge on any atom is -0.504 e. The van der Waals surface area contributed by atoms with Gasteiger partial charge in [0.25, 0.3) is 0 Å². The molecule has 56 valence electrons. The van der Waals surface area contributed by atoms with Gasteiger partial charge in [0.2, 0.25) is 0 Å². The second-order valence-corrected chi connectivity index (χ2v) is 1.49. The van der Waals surface area contributed by atoms with Crippen molar-refractivity contribution in [2.24, 2.45) is 0 Å². The number of aromatic hydroxyl groups is 2. The third-order valence-corrected chi connectivity index (χ3v) is 0.882. The minimum atomic E-state index is -0.0764. The number of benzene rings is 1. The summed E-state index contributed by atoms with van der Waals surface area (Å²) in [5, 5.41) is 17.3. The molecule has 1 rings (SSSR count). The molecule has 3 heteroatoms. The van der Waals surface area contributed by atoms with E-state index in [1.807, 2.05) is 4.93 Å². The van der Waals surface area contributed by atoms with Crippen molar-refractivity contribution < 1.29 is 10.2 Å². The number of hydrogen-bond acceptors (Lipinski definition) is 2. The van der Waals surface area contributed by atoms with E-state index in [0.717, 1.165) is 0 Å². The van der Waals surface area contributed by atoms with Crippen LogP contribution < -0.4 is 0 Å². The van der Waals surface area contributed by atoms with Gasteiger partial charge in [-0.2, -0.15) is 0 Å². The minimum absolute atomic E-state index is 0.0764. The smallest absolute Gasteiger partial charge is 0.157 e. The fraction of sp³-hybridized carbons (Fsp3) is 0.143. The van der Waals surface area contributed by atoms with Crippen LogP contribution in [0.25, 0.3) is 0 Å². The lowest BCUT2D eigenvalue weighted by Gasteiger charge is -1.91. The van der Waals surface area contributed by atoms with Gasteiger partial charge < -0.3 is 10.2 Å². The van der Waals surface area contributed by atoms with Crippen LogP contribution in [0.3, 0.4) is 0 Å². The lowest BCUT2D eigenvalue weighted by molar-refractivity contribution is 0.404. The number of phenols is 2. The molecule has 0 amide bonds. The lowest BCUT2D eigenvalue weighted by atomic mass is 10.3. The van der Waals surface area contributed by atoms with E-state index >= 15 is 0 Å². The summed E-state index contributed by atoms with van der Waals surface area (Å²) in [4.78, 5) is 1.97. The van der Waals surface area contributed by atoms with Gasteiger partial charge in [0.15, 0.2) is 11.5 Å². The molecule has 0 aliphatic carbocycles. The van der Waals surface area contributed by atoms with Gasteiger partial charge in [-0.05, 0) is 17.1 Å². The van der Waals surface area contributed by atoms with Crippen LogP contribution >= 0.6 is 22.6 Å². The van der Waals surface area contributed by atoms with E-state index in [1.165, 1.54) is 12.1 Å². The molecule has 0 aliphatic heterocycles. The Morgan fingerprint density at radius 2 is 1.30 bits per heavy atom. The largest absolute Gasteiger partial charge is 0.504 e. The Kier molecular flexibility index (Phi) is 5.10. The van der Waals surface area contributed by atoms with Gasteiger partial charge in [0, 0.05) is 0 Å². The Balaban J connectivity index is 0.000000371. The highest BCUT2D eigenvalue weighted by Crippen LogP contribution is 2.21. The molecule has 0 saturated carbocycles. The number of hydrogen-bond donors (Lipinski definition) is 2. The highest BCUT2D eigenvalue weighted by atomic mass is 127. The van der Waals surface area contributed by atoms with E-state index in [9.17, 15) is 0 Å². The van der Waals surface area contributed by atoms with Crippen molar-refractivity contribution in [3.63, 3.8) is 0 Å². The maximum atomic E-state index is 8.67. The molecular formula is C7H9IO2. The Hall–Kier alpha value is -0.450. The number of phenolic OH excluding ortho intramolecular Hbond substituents is 2. The fourth-order valence-corrected chi connectivity index (χ4v) is 0.464. The maximum Gasteiger partial charge on any atom is 0.157 e. The van der Waals surface area contributed by atoms with Gasteiger partial charge in [-0.3, -0.25) is 0 Å². The van der Waals surface area contributed by atoms with Gasteiger partial charge in [0.1, 0.15) is 0 Å². The van der Waals surface area contributed by atoms with Crippen LogP contribution in [0.1, 0.15) is 0 Å². The Morgan fingerprint density at radius 1 is 1.00 bits per heavy atom. The van der Waals surface area contributed by atoms with E-state index in [0.29, 0.717) is 0 Å². The molecular weight excluding hydrogens is 243 g/mol. The summed E-state index contributed by atoms with van der Waals surface area (Å²) in [7, 11) is 0. The van der Waals surface area contributed by atoms with E-state index in [1.54, 1.807) is 12.1 Å². The molecule has 0 unspecified atom stereocenters. The van der Waals surface area contributed by atoms with Crippen molar-refractivity contribution in [3.8, 4) is 11.5 Å². The first kappa shape index (κ1) is 9.55. The quantitative estimate of drug-likeness (QED) is 0.422. The summed E-state index contributed by atoms with van der Waals surface area (Å²) in [6.45, 7) is 0. The molecule has 0 bridgehead atoms. The summed E-state index contributed by atoms with van der Waals surface area (Å²) in [6, 6.07) is 6.15. The van der Waals surface area contributed by atoms with Gasteiger partial charge in [0.05, 0.1) is 0 Å². The van der Waals surface area contributed by atoms with Crippen LogP contribution in [-0.2, 0) is 0 Å². The molecule has 1 aromatic rings. The monoisotopic (exact) mass is 252 g/mol. The van der Waals surface area contributed by atoms with Gasteiger partial charge in [-0.25, -0.2) is 0 Å². The first-order valence-electron chi connectivity index (χ1n) is 2.65. The average molecular weight is 252 g/mol. The van der Waals surface area contributed by atoms with Gasteiger partial charge in [-0.1, -0.05) is 34.7 Å². The van der Waals surface area contributed by atoms with E-state index < -0.39 is 0 Å². The molecule has 0 fully saturated rings. The summed E-state index contributed by atoms with van der Waals surface area (Å²) in [5.74, 6) is -0.153. The van der Waals surface area contributed by atoms with Crippen molar-refractivity contribution >= 4 is 22.6 Å². The number of alkyl halides is 1. The van der Waals surface area contributed by atoms with Crippen LogP contribution in [0, 0.1) is 0 Å². The van der Waals surface area contributed by atoms with Gasteiger partial charge in [-0.15, -0.1) is 0 Å². The molecule has 0 aromatic heterocycles. The summed E-state index contributed by atoms with van der Waals surface area (Å²) in [6.07, 6.45) is 0. The molecule has 0 saturated heterocycles. The van der Waals surface area contributed by atoms with E-state index in [-0.39, 0.29) is 11.5 Å². The molecule has 0 heterocycles. The number of para-hydroxylation sites is 2. The zero-order valence-corrected chi connectivity index (χ0v) is 7.74. The van der Waals surface area contributed by atoms with Gasteiger partial charge >= 0.3 is 0 Å². The number of halogens is 1. The standard InChI is InChI=1S/C6H6O2.CH3I/c7-5-3-1-2-4-6(5)8;1-2/h1-4,7-8H;1H3. The van der Waals surface area contributed by atoms with Crippen molar-refractivity contribution in [1.82, 2.24) is 0 Å². The second kappa shape index (κ2) is 5.34. The predicted octanol–water partition coefficient (Wildman–Crippen LogP) is 2.15. The molecule has 1 aromatic carbocycles. The Morgan fingerprint density at radius 3 is 1.50 bits per heavy atom. The normalized spacial score (nSPS) is 7.80. The Labute approximate surface area is 73.7 Å². The van der Waals surface area contributed by atoms with Crippen LogP contribution in [0.15, 0.2) is 24.3 Å². The highest BCUT2D eigenvalue weighted by Gasteiger charge is 1.90. The molecule has 0 radical (unpaired) electrons. The van der Waals surface area contributed by atoms with Crippen molar-refractivity contribution in [2.45, 2.75) is 0 Å². The lowest BCUT2D eigenvalue weighted by Crippen LogP contribution is -1.63. The van der Waals surface area contributed by atoms with Crippen LogP contribution in [-0.4, -0.2) is 15.1 Å². The number of rotatable bonds is 0. The third kappa shape index (κ3) is 2.91. The van der Waals surface area contributed by atoms with Crippen LogP contribution in [0.2, 0.25) is 0 Å². The topological polar surface area (TPSA) is 40.5 Å². The second-order valence-electron chi connectivity index (χ2n) is 1.49. The highest BCUT2D eigenvalue weighted by molar-refractivity contribution is 14.1. The van der Waals surface area contributed by atoms with Crippen LogP contribution in [0.4, 0.5) is 0 Å². The predicted molar refractivity (Wildman–Crippen MR) is 49.7 cm³/mol. The van der Waals surface area contributed by atoms with Crippen molar-refractivity contribution in [3.05, 3.63) is 24.3 Å². The van der Waals surface area contributed by atoms with Crippen molar-refractivity contribution in [1.29, 1.82) is 0 Å². The molecule has 0 atom stereocenters. The molecule has 0 spiro atoms. The summed E-state index contributed by atoms with van der Waals surface area (Å²) in [5.41, 5.74) is 0. The molecule has 2 N–H and O–H groups in total. The zero-order chi connectivity index (χ0) is 7.98. The molecule has 2 nitrogen and oxygen atoms in total. The molecule has 0 aliphatic rings. The van der Waals surface area contributed by atoms with Crippen LogP contribution in [0.5, 0.6) is 11.5 Å². The Bertz CT molecular complexity index is 168. The zero-order valence-electron chi connectivity index (χ0n) is 5.58. The van der Waals surface area contributed by atoms with E-state index in [4.69, 9.17) is 10.2 Å². The van der Waals surface area contributed by atoms with Crippen molar-refractivity contribution in [2.75, 3.05) is 4.93 Å². The van der Waals surface area contributed by atoms with E-state index in [2.05, 4.69) is 22.6 Å². The summed E-state index contributed by atoms with van der Waals surface area (Å²) >= 11 is 2.15. The third-order valence-electron chi connectivity index (χ3n) is 0.882. The first-order chi connectivity index (χ1) is 4.80. The first-order valence-corrected chi connectivity index (χ1v) is 4.81. The molecule has 10 heavy (non-hydrogen) atoms. The summed E-state index contributed by atoms with van der Waals surface area (Å²) < 4.78 is 0. The maximum absolute atomic E-state index is 8.67. The SMILES string of the molecule is CI.Oc1ccccc1O. The average Bonchev–Trinajstić information content (AvgIpc) is 2.00. The fourth-order valence-electron chi connectivity index (χ4n) is 0.464.